The Balaban J connectivity index is 2.04. The van der Waals surface area contributed by atoms with E-state index in [-0.39, 0.29) is 11.6 Å². The molecule has 0 unspecified atom stereocenters. The van der Waals surface area contributed by atoms with Crippen molar-refractivity contribution < 1.29 is 13.6 Å². The van der Waals surface area contributed by atoms with Gasteiger partial charge in [0.2, 0.25) is 5.91 Å². The van der Waals surface area contributed by atoms with Gasteiger partial charge in [0.15, 0.2) is 11.6 Å². The van der Waals surface area contributed by atoms with Crippen LogP contribution in [0.1, 0.15) is 19.5 Å². The fourth-order valence-corrected chi connectivity index (χ4v) is 2.04. The van der Waals surface area contributed by atoms with Crippen LogP contribution in [0.4, 0.5) is 20.2 Å². The van der Waals surface area contributed by atoms with Crippen LogP contribution < -0.4 is 10.6 Å². The molecule has 118 valence electrons. The molecule has 0 bridgehead atoms. The molecule has 2 aromatic rings. The quantitative estimate of drug-likeness (QED) is 0.893. The fourth-order valence-electron chi connectivity index (χ4n) is 2.04. The van der Waals surface area contributed by atoms with E-state index in [9.17, 15) is 13.6 Å². The summed E-state index contributed by atoms with van der Waals surface area (Å²) < 4.78 is 27.7. The number of nitrogens with zero attached hydrogens (tertiary/aromatic N) is 2. The van der Waals surface area contributed by atoms with Crippen LogP contribution in [0.15, 0.2) is 24.4 Å². The van der Waals surface area contributed by atoms with Gasteiger partial charge in [0.05, 0.1) is 11.4 Å². The molecule has 0 spiro atoms. The lowest BCUT2D eigenvalue weighted by molar-refractivity contribution is -0.116. The third-order valence-corrected chi connectivity index (χ3v) is 3.19. The van der Waals surface area contributed by atoms with Crippen LogP contribution in [0, 0.1) is 11.6 Å². The van der Waals surface area contributed by atoms with Crippen LogP contribution in [0.25, 0.3) is 0 Å². The van der Waals surface area contributed by atoms with Crippen molar-refractivity contribution in [2.24, 2.45) is 7.05 Å². The standard InChI is InChI=1S/C15H18F2N4O/c1-4-13-14(8-21(3)20-13)18-9(2)15(22)19-10-5-6-11(16)12(17)7-10/h5-9,18H,4H2,1-3H3,(H,19,22)/t9-/m1/s1. The summed E-state index contributed by atoms with van der Waals surface area (Å²) in [5.41, 5.74) is 1.84. The third kappa shape index (κ3) is 3.60. The molecule has 0 saturated heterocycles. The maximum Gasteiger partial charge on any atom is 0.246 e. The molecule has 0 radical (unpaired) electrons. The first-order valence-electron chi connectivity index (χ1n) is 6.95. The molecule has 7 heteroatoms. The second-order valence-corrected chi connectivity index (χ2v) is 5.00. The summed E-state index contributed by atoms with van der Waals surface area (Å²) in [6.45, 7) is 3.65. The molecule has 2 N–H and O–H groups in total. The Bertz CT molecular complexity index is 684. The van der Waals surface area contributed by atoms with Crippen molar-refractivity contribution in [2.75, 3.05) is 10.6 Å². The first kappa shape index (κ1) is 15.9. The van der Waals surface area contributed by atoms with Gasteiger partial charge in [-0.15, -0.1) is 0 Å². The molecular weight excluding hydrogens is 290 g/mol. The summed E-state index contributed by atoms with van der Waals surface area (Å²) in [7, 11) is 1.80. The van der Waals surface area contributed by atoms with E-state index in [2.05, 4.69) is 15.7 Å². The number of hydrogen-bond acceptors (Lipinski definition) is 3. The number of hydrogen-bond donors (Lipinski definition) is 2. The number of carbonyl (C=O) groups excluding carboxylic acids is 1. The van der Waals surface area contributed by atoms with Gasteiger partial charge in [-0.3, -0.25) is 9.48 Å². The maximum absolute atomic E-state index is 13.1. The number of halogens is 2. The van der Waals surface area contributed by atoms with Crippen LogP contribution in [0.5, 0.6) is 0 Å². The normalized spacial score (nSPS) is 12.0. The van der Waals surface area contributed by atoms with Crippen molar-refractivity contribution >= 4 is 17.3 Å². The van der Waals surface area contributed by atoms with Gasteiger partial charge >= 0.3 is 0 Å². The van der Waals surface area contributed by atoms with E-state index in [4.69, 9.17) is 0 Å². The van der Waals surface area contributed by atoms with Crippen molar-refractivity contribution in [1.29, 1.82) is 0 Å². The minimum absolute atomic E-state index is 0.208. The smallest absolute Gasteiger partial charge is 0.246 e. The van der Waals surface area contributed by atoms with E-state index in [1.807, 2.05) is 6.92 Å². The van der Waals surface area contributed by atoms with Crippen molar-refractivity contribution in [3.8, 4) is 0 Å². The monoisotopic (exact) mass is 308 g/mol. The fraction of sp³-hybridized carbons (Fsp3) is 0.333. The summed E-state index contributed by atoms with van der Waals surface area (Å²) in [6.07, 6.45) is 2.53. The number of carbonyl (C=O) groups is 1. The average Bonchev–Trinajstić information content (AvgIpc) is 2.82. The Morgan fingerprint density at radius 3 is 2.73 bits per heavy atom. The molecule has 0 aliphatic carbocycles. The Hall–Kier alpha value is -2.44. The highest BCUT2D eigenvalue weighted by Crippen LogP contribution is 2.16. The molecule has 1 aromatic heterocycles. The molecule has 0 saturated carbocycles. The SMILES string of the molecule is CCc1nn(C)cc1N[C@H](C)C(=O)Nc1ccc(F)c(F)c1. The van der Waals surface area contributed by atoms with Crippen LogP contribution in [0.3, 0.4) is 0 Å². The van der Waals surface area contributed by atoms with E-state index >= 15 is 0 Å². The number of aromatic nitrogens is 2. The lowest BCUT2D eigenvalue weighted by Gasteiger charge is -2.15. The molecule has 0 fully saturated rings. The second-order valence-electron chi connectivity index (χ2n) is 5.00. The largest absolute Gasteiger partial charge is 0.371 e. The van der Waals surface area contributed by atoms with Gasteiger partial charge in [-0.1, -0.05) is 6.92 Å². The summed E-state index contributed by atoms with van der Waals surface area (Å²) in [6, 6.07) is 2.67. The molecular formula is C15H18F2N4O. The van der Waals surface area contributed by atoms with Crippen molar-refractivity contribution in [3.05, 3.63) is 41.7 Å². The number of aryl methyl sites for hydroxylation is 2. The number of anilines is 2. The molecule has 1 heterocycles. The summed E-state index contributed by atoms with van der Waals surface area (Å²) in [4.78, 5) is 12.1. The first-order chi connectivity index (χ1) is 10.4. The predicted octanol–water partition coefficient (Wildman–Crippen LogP) is 2.70. The maximum atomic E-state index is 13.1. The highest BCUT2D eigenvalue weighted by Gasteiger charge is 2.16. The third-order valence-electron chi connectivity index (χ3n) is 3.19. The summed E-state index contributed by atoms with van der Waals surface area (Å²) in [5, 5.41) is 9.88. The van der Waals surface area contributed by atoms with E-state index in [0.29, 0.717) is 0 Å². The van der Waals surface area contributed by atoms with Crippen LogP contribution in [-0.2, 0) is 18.3 Å². The van der Waals surface area contributed by atoms with Gasteiger partial charge in [-0.25, -0.2) is 8.78 Å². The minimum atomic E-state index is -1.00. The number of amides is 1. The number of nitrogens with one attached hydrogen (secondary N) is 2. The summed E-state index contributed by atoms with van der Waals surface area (Å²) >= 11 is 0. The van der Waals surface area contributed by atoms with Crippen LogP contribution >= 0.6 is 0 Å². The van der Waals surface area contributed by atoms with Crippen molar-refractivity contribution in [3.63, 3.8) is 0 Å². The highest BCUT2D eigenvalue weighted by atomic mass is 19.2. The number of benzene rings is 1. The zero-order chi connectivity index (χ0) is 16.3. The topological polar surface area (TPSA) is 59.0 Å². The Morgan fingerprint density at radius 2 is 2.09 bits per heavy atom. The number of rotatable bonds is 5. The van der Waals surface area contributed by atoms with E-state index in [0.717, 1.165) is 29.9 Å². The van der Waals surface area contributed by atoms with Gasteiger partial charge in [-0.2, -0.15) is 5.10 Å². The van der Waals surface area contributed by atoms with Gasteiger partial charge in [0.25, 0.3) is 0 Å². The first-order valence-corrected chi connectivity index (χ1v) is 6.95. The van der Waals surface area contributed by atoms with Gasteiger partial charge in [0.1, 0.15) is 6.04 Å². The lowest BCUT2D eigenvalue weighted by atomic mass is 10.2. The highest BCUT2D eigenvalue weighted by molar-refractivity contribution is 5.96. The zero-order valence-electron chi connectivity index (χ0n) is 12.7. The van der Waals surface area contributed by atoms with E-state index in [1.54, 1.807) is 24.9 Å². The van der Waals surface area contributed by atoms with E-state index < -0.39 is 17.7 Å². The Morgan fingerprint density at radius 1 is 1.36 bits per heavy atom. The van der Waals surface area contributed by atoms with Crippen LogP contribution in [-0.4, -0.2) is 21.7 Å². The molecule has 1 atom stereocenters. The minimum Gasteiger partial charge on any atom is -0.371 e. The lowest BCUT2D eigenvalue weighted by Crippen LogP contribution is -2.32. The molecule has 5 nitrogen and oxygen atoms in total. The zero-order valence-corrected chi connectivity index (χ0v) is 12.7. The molecule has 1 amide bonds. The Labute approximate surface area is 127 Å². The molecule has 22 heavy (non-hydrogen) atoms. The Kier molecular flexibility index (Phi) is 4.75. The second kappa shape index (κ2) is 6.55. The van der Waals surface area contributed by atoms with Gasteiger partial charge in [-0.05, 0) is 25.5 Å². The molecule has 1 aromatic carbocycles. The molecule has 0 aliphatic heterocycles. The molecule has 2 rings (SSSR count). The van der Waals surface area contributed by atoms with Gasteiger partial charge < -0.3 is 10.6 Å². The molecule has 0 aliphatic rings. The average molecular weight is 308 g/mol. The predicted molar refractivity (Wildman–Crippen MR) is 80.7 cm³/mol. The summed E-state index contributed by atoms with van der Waals surface area (Å²) in [5.74, 6) is -2.30. The van der Waals surface area contributed by atoms with Crippen molar-refractivity contribution in [1.82, 2.24) is 9.78 Å². The van der Waals surface area contributed by atoms with Crippen LogP contribution in [0.2, 0.25) is 0 Å². The van der Waals surface area contributed by atoms with Crippen molar-refractivity contribution in [2.45, 2.75) is 26.3 Å². The van der Waals surface area contributed by atoms with E-state index in [1.165, 1.54) is 6.07 Å². The van der Waals surface area contributed by atoms with Gasteiger partial charge in [0, 0.05) is 25.0 Å².